The molecule has 142 valence electrons. The largest absolute Gasteiger partial charge is 0.407 e. The first kappa shape index (κ1) is 21.6. The highest BCUT2D eigenvalue weighted by atomic mass is 127. The van der Waals surface area contributed by atoms with E-state index < -0.39 is 8.32 Å². The van der Waals surface area contributed by atoms with Crippen molar-refractivity contribution in [2.45, 2.75) is 52.0 Å². The van der Waals surface area contributed by atoms with Crippen LogP contribution in [0.3, 0.4) is 0 Å². The molecule has 0 unspecified atom stereocenters. The van der Waals surface area contributed by atoms with E-state index >= 15 is 0 Å². The zero-order valence-corrected chi connectivity index (χ0v) is 19.8. The van der Waals surface area contributed by atoms with E-state index in [9.17, 15) is 0 Å². The zero-order chi connectivity index (χ0) is 19.0. The van der Waals surface area contributed by atoms with Crippen molar-refractivity contribution in [2.75, 3.05) is 11.0 Å². The molecule has 0 heterocycles. The van der Waals surface area contributed by atoms with Gasteiger partial charge in [0, 0.05) is 6.61 Å². The Morgan fingerprint density at radius 2 is 1.38 bits per heavy atom. The third-order valence-electron chi connectivity index (χ3n) is 5.18. The molecule has 2 aromatic rings. The lowest BCUT2D eigenvalue weighted by atomic mass is 10.0. The van der Waals surface area contributed by atoms with Crippen molar-refractivity contribution in [3.8, 4) is 0 Å². The van der Waals surface area contributed by atoms with Gasteiger partial charge in [0.1, 0.15) is 0 Å². The molecular formula is C23H33IOSi. The molecule has 0 aliphatic carbocycles. The molecule has 0 bridgehead atoms. The lowest BCUT2D eigenvalue weighted by Crippen LogP contribution is -2.66. The minimum Gasteiger partial charge on any atom is -0.407 e. The first-order valence-corrected chi connectivity index (χ1v) is 13.2. The highest BCUT2D eigenvalue weighted by Gasteiger charge is 2.49. The van der Waals surface area contributed by atoms with Gasteiger partial charge in [-0.05, 0) is 45.0 Å². The second kappa shape index (κ2) is 10.0. The molecule has 0 aliphatic rings. The van der Waals surface area contributed by atoms with Gasteiger partial charge in [0.25, 0.3) is 8.32 Å². The van der Waals surface area contributed by atoms with Gasteiger partial charge in [-0.2, -0.15) is 0 Å². The third-order valence-corrected chi connectivity index (χ3v) is 11.0. The summed E-state index contributed by atoms with van der Waals surface area (Å²) < 4.78 is 8.20. The number of hydrogen-bond donors (Lipinski definition) is 0. The summed E-state index contributed by atoms with van der Waals surface area (Å²) in [7, 11) is -2.35. The molecule has 0 fully saturated rings. The van der Waals surface area contributed by atoms with Crippen molar-refractivity contribution in [1.29, 1.82) is 0 Å². The Morgan fingerprint density at radius 1 is 0.885 bits per heavy atom. The van der Waals surface area contributed by atoms with Crippen LogP contribution in [0, 0.1) is 5.92 Å². The fourth-order valence-electron chi connectivity index (χ4n) is 3.74. The number of benzene rings is 2. The lowest BCUT2D eigenvalue weighted by molar-refractivity contribution is 0.264. The summed E-state index contributed by atoms with van der Waals surface area (Å²) >= 11 is 2.47. The van der Waals surface area contributed by atoms with Gasteiger partial charge < -0.3 is 4.43 Å². The van der Waals surface area contributed by atoms with Crippen LogP contribution >= 0.6 is 22.6 Å². The Bertz CT molecular complexity index is 597. The number of rotatable bonds is 9. The van der Waals surface area contributed by atoms with Crippen LogP contribution in [0.1, 0.15) is 47.0 Å². The molecule has 0 aliphatic heterocycles. The van der Waals surface area contributed by atoms with E-state index in [1.54, 1.807) is 0 Å². The molecule has 0 radical (unpaired) electrons. The fraction of sp³-hybridized carbons (Fsp3) is 0.478. The predicted octanol–water partition coefficient (Wildman–Crippen LogP) is 5.80. The standard InChI is InChI=1S/C23H33IOSi/c1-20(12-11-18-24)17-19-25-26(23(2,3)4,21-13-7-5-8-14-21)22-15-9-6-10-16-22/h5-10,13-16,20H,11-12,17-19H2,1-4H3/t20-/m0/s1. The van der Waals surface area contributed by atoms with E-state index in [0.29, 0.717) is 0 Å². The number of hydrogen-bond acceptors (Lipinski definition) is 1. The van der Waals surface area contributed by atoms with E-state index in [1.165, 1.54) is 27.6 Å². The predicted molar refractivity (Wildman–Crippen MR) is 125 cm³/mol. The normalized spacial score (nSPS) is 13.6. The average molecular weight is 481 g/mol. The number of alkyl halides is 1. The van der Waals surface area contributed by atoms with E-state index in [1.807, 2.05) is 0 Å². The summed E-state index contributed by atoms with van der Waals surface area (Å²) in [6, 6.07) is 21.9. The Balaban J connectivity index is 2.35. The molecule has 0 saturated heterocycles. The quantitative estimate of drug-likeness (QED) is 0.250. The van der Waals surface area contributed by atoms with Crippen molar-refractivity contribution in [3.63, 3.8) is 0 Å². The fourth-order valence-corrected chi connectivity index (χ4v) is 8.76. The summed E-state index contributed by atoms with van der Waals surface area (Å²) in [6.07, 6.45) is 3.75. The average Bonchev–Trinajstić information content (AvgIpc) is 2.64. The topological polar surface area (TPSA) is 9.23 Å². The van der Waals surface area contributed by atoms with Crippen LogP contribution in [0.25, 0.3) is 0 Å². The van der Waals surface area contributed by atoms with Crippen molar-refractivity contribution < 1.29 is 4.43 Å². The van der Waals surface area contributed by atoms with Crippen LogP contribution in [-0.2, 0) is 4.43 Å². The smallest absolute Gasteiger partial charge is 0.261 e. The Kier molecular flexibility index (Phi) is 8.36. The third kappa shape index (κ3) is 5.20. The molecule has 2 rings (SSSR count). The maximum Gasteiger partial charge on any atom is 0.261 e. The Hall–Kier alpha value is -0.653. The summed E-state index contributed by atoms with van der Waals surface area (Å²) in [5.74, 6) is 0.725. The molecule has 0 aromatic heterocycles. The van der Waals surface area contributed by atoms with Crippen LogP contribution in [0.4, 0.5) is 0 Å². The van der Waals surface area contributed by atoms with Crippen molar-refractivity contribution in [2.24, 2.45) is 5.92 Å². The Morgan fingerprint density at radius 3 is 1.81 bits per heavy atom. The van der Waals surface area contributed by atoms with Crippen LogP contribution in [0.15, 0.2) is 60.7 Å². The van der Waals surface area contributed by atoms with E-state index in [-0.39, 0.29) is 5.04 Å². The van der Waals surface area contributed by atoms with Gasteiger partial charge in [0.05, 0.1) is 0 Å². The van der Waals surface area contributed by atoms with Crippen LogP contribution in [0.5, 0.6) is 0 Å². The SMILES string of the molecule is C[C@@H](CCCI)CCO[Si](c1ccccc1)(c1ccccc1)C(C)(C)C. The minimum absolute atomic E-state index is 0.0706. The molecule has 0 spiro atoms. The molecule has 2 aromatic carbocycles. The number of halogens is 1. The minimum atomic E-state index is -2.35. The van der Waals surface area contributed by atoms with Gasteiger partial charge in [0.2, 0.25) is 0 Å². The van der Waals surface area contributed by atoms with Crippen molar-refractivity contribution >= 4 is 41.3 Å². The molecular weight excluding hydrogens is 447 g/mol. The molecule has 0 N–H and O–H groups in total. The van der Waals surface area contributed by atoms with Gasteiger partial charge in [-0.25, -0.2) is 0 Å². The Labute approximate surface area is 174 Å². The van der Waals surface area contributed by atoms with Gasteiger partial charge in [-0.3, -0.25) is 0 Å². The van der Waals surface area contributed by atoms with Gasteiger partial charge in [-0.1, -0.05) is 111 Å². The van der Waals surface area contributed by atoms with E-state index in [4.69, 9.17) is 4.43 Å². The summed E-state index contributed by atoms with van der Waals surface area (Å²) in [5, 5.41) is 2.82. The molecule has 26 heavy (non-hydrogen) atoms. The lowest BCUT2D eigenvalue weighted by Gasteiger charge is -2.43. The van der Waals surface area contributed by atoms with E-state index in [0.717, 1.165) is 18.9 Å². The summed E-state index contributed by atoms with van der Waals surface area (Å²) in [5.41, 5.74) is 0. The highest BCUT2D eigenvalue weighted by molar-refractivity contribution is 14.1. The van der Waals surface area contributed by atoms with Crippen LogP contribution in [0.2, 0.25) is 5.04 Å². The molecule has 0 saturated carbocycles. The van der Waals surface area contributed by atoms with Crippen LogP contribution in [-0.4, -0.2) is 19.4 Å². The van der Waals surface area contributed by atoms with E-state index in [2.05, 4.69) is 111 Å². The second-order valence-corrected chi connectivity index (χ2v) is 13.6. The van der Waals surface area contributed by atoms with Gasteiger partial charge in [0.15, 0.2) is 0 Å². The zero-order valence-electron chi connectivity index (χ0n) is 16.7. The summed E-state index contributed by atoms with van der Waals surface area (Å²) in [4.78, 5) is 0. The van der Waals surface area contributed by atoms with Gasteiger partial charge in [-0.15, -0.1) is 0 Å². The first-order valence-electron chi connectivity index (χ1n) is 9.73. The maximum atomic E-state index is 6.95. The highest BCUT2D eigenvalue weighted by Crippen LogP contribution is 2.37. The molecule has 1 atom stereocenters. The maximum absolute atomic E-state index is 6.95. The van der Waals surface area contributed by atoms with Crippen LogP contribution < -0.4 is 10.4 Å². The molecule has 1 nitrogen and oxygen atoms in total. The van der Waals surface area contributed by atoms with Crippen molar-refractivity contribution in [3.05, 3.63) is 60.7 Å². The van der Waals surface area contributed by atoms with Gasteiger partial charge >= 0.3 is 0 Å². The second-order valence-electron chi connectivity index (χ2n) is 8.24. The summed E-state index contributed by atoms with van der Waals surface area (Å²) in [6.45, 7) is 10.2. The molecule has 0 amide bonds. The van der Waals surface area contributed by atoms with Crippen molar-refractivity contribution in [1.82, 2.24) is 0 Å². The molecule has 3 heteroatoms. The monoisotopic (exact) mass is 480 g/mol. The first-order chi connectivity index (χ1) is 12.4.